The van der Waals surface area contributed by atoms with Crippen LogP contribution in [0.25, 0.3) is 0 Å². The fourth-order valence-corrected chi connectivity index (χ4v) is 3.11. The molecule has 1 atom stereocenters. The van der Waals surface area contributed by atoms with Crippen molar-refractivity contribution in [3.8, 4) is 5.75 Å². The van der Waals surface area contributed by atoms with Gasteiger partial charge in [-0.15, -0.1) is 0 Å². The van der Waals surface area contributed by atoms with Gasteiger partial charge in [0.1, 0.15) is 11.8 Å². The number of rotatable bonds is 7. The Hall–Kier alpha value is -2.60. The third-order valence-electron chi connectivity index (χ3n) is 4.47. The number of hydrogen-bond acceptors (Lipinski definition) is 5. The number of para-hydroxylation sites is 1. The average molecular weight is 341 g/mol. The topological polar surface area (TPSA) is 65.9 Å². The zero-order valence-corrected chi connectivity index (χ0v) is 14.1. The number of carboxylic acid groups (broad SMARTS) is 1. The van der Waals surface area contributed by atoms with Crippen LogP contribution in [0.5, 0.6) is 5.75 Å². The Labute approximate surface area is 147 Å². The summed E-state index contributed by atoms with van der Waals surface area (Å²) >= 11 is 0. The molecule has 25 heavy (non-hydrogen) atoms. The van der Waals surface area contributed by atoms with Gasteiger partial charge < -0.3 is 14.7 Å². The highest BCUT2D eigenvalue weighted by atomic mass is 16.5. The van der Waals surface area contributed by atoms with Gasteiger partial charge in [0.25, 0.3) is 0 Å². The maximum absolute atomic E-state index is 11.7. The van der Waals surface area contributed by atoms with Crippen molar-refractivity contribution in [3.63, 3.8) is 0 Å². The van der Waals surface area contributed by atoms with Crippen LogP contribution < -0.4 is 9.64 Å². The number of pyridine rings is 1. The summed E-state index contributed by atoms with van der Waals surface area (Å²) in [5.41, 5.74) is 1.13. The zero-order valence-electron chi connectivity index (χ0n) is 14.1. The van der Waals surface area contributed by atoms with E-state index in [2.05, 4.69) is 9.88 Å². The smallest absolute Gasteiger partial charge is 0.321 e. The largest absolute Gasteiger partial charge is 0.494 e. The third-order valence-corrected chi connectivity index (χ3v) is 4.47. The second-order valence-electron chi connectivity index (χ2n) is 6.03. The van der Waals surface area contributed by atoms with Gasteiger partial charge in [-0.25, -0.2) is 0 Å². The molecule has 132 valence electrons. The minimum absolute atomic E-state index is 0.394. The van der Waals surface area contributed by atoms with Crippen LogP contribution in [0.15, 0.2) is 54.9 Å². The molecule has 6 nitrogen and oxygen atoms in total. The van der Waals surface area contributed by atoms with E-state index in [0.29, 0.717) is 13.0 Å². The van der Waals surface area contributed by atoms with Crippen molar-refractivity contribution in [2.75, 3.05) is 37.7 Å². The van der Waals surface area contributed by atoms with Gasteiger partial charge in [-0.1, -0.05) is 18.2 Å². The van der Waals surface area contributed by atoms with E-state index in [9.17, 15) is 9.90 Å². The number of hydrogen-bond donors (Lipinski definition) is 1. The second kappa shape index (κ2) is 8.48. The molecule has 1 aromatic carbocycles. The van der Waals surface area contributed by atoms with Crippen LogP contribution >= 0.6 is 0 Å². The third kappa shape index (κ3) is 4.70. The van der Waals surface area contributed by atoms with Gasteiger partial charge >= 0.3 is 5.97 Å². The maximum Gasteiger partial charge on any atom is 0.321 e. The molecule has 1 fully saturated rings. The molecule has 1 aromatic heterocycles. The second-order valence-corrected chi connectivity index (χ2v) is 6.03. The molecular formula is C19H23N3O3. The summed E-state index contributed by atoms with van der Waals surface area (Å²) in [5, 5.41) is 9.59. The van der Waals surface area contributed by atoms with Crippen molar-refractivity contribution in [3.05, 3.63) is 54.9 Å². The number of piperazine rings is 1. The van der Waals surface area contributed by atoms with E-state index in [1.54, 1.807) is 12.4 Å². The summed E-state index contributed by atoms with van der Waals surface area (Å²) < 4.78 is 5.66. The summed E-state index contributed by atoms with van der Waals surface area (Å²) in [4.78, 5) is 20.0. The molecule has 1 N–H and O–H groups in total. The quantitative estimate of drug-likeness (QED) is 0.832. The van der Waals surface area contributed by atoms with Crippen LogP contribution in [0.2, 0.25) is 0 Å². The fraction of sp³-hybridized carbons (Fsp3) is 0.368. The summed E-state index contributed by atoms with van der Waals surface area (Å²) in [6.07, 6.45) is 4.03. The van der Waals surface area contributed by atoms with Gasteiger partial charge in [0, 0.05) is 50.7 Å². The van der Waals surface area contributed by atoms with Crippen LogP contribution in [0.3, 0.4) is 0 Å². The van der Waals surface area contributed by atoms with Crippen LogP contribution in [0.4, 0.5) is 5.69 Å². The number of aliphatic carboxylic acids is 1. The van der Waals surface area contributed by atoms with Gasteiger partial charge in [-0.3, -0.25) is 14.7 Å². The summed E-state index contributed by atoms with van der Waals surface area (Å²) in [7, 11) is 0. The number of nitrogens with zero attached hydrogens (tertiary/aromatic N) is 3. The van der Waals surface area contributed by atoms with E-state index in [1.165, 1.54) is 0 Å². The Bertz CT molecular complexity index is 658. The minimum atomic E-state index is -0.783. The summed E-state index contributed by atoms with van der Waals surface area (Å²) in [6.45, 7) is 3.47. The molecule has 0 bridgehead atoms. The van der Waals surface area contributed by atoms with Crippen LogP contribution in [0.1, 0.15) is 6.42 Å². The molecule has 0 radical (unpaired) electrons. The molecule has 1 saturated heterocycles. The van der Waals surface area contributed by atoms with Crippen molar-refractivity contribution < 1.29 is 14.6 Å². The van der Waals surface area contributed by atoms with Crippen LogP contribution in [-0.4, -0.2) is 59.8 Å². The summed E-state index contributed by atoms with van der Waals surface area (Å²) in [5.74, 6) is -0.0110. The first-order chi connectivity index (χ1) is 12.2. The lowest BCUT2D eigenvalue weighted by Gasteiger charge is -2.38. The lowest BCUT2D eigenvalue weighted by Crippen LogP contribution is -2.53. The van der Waals surface area contributed by atoms with E-state index < -0.39 is 12.0 Å². The van der Waals surface area contributed by atoms with E-state index in [1.807, 2.05) is 47.4 Å². The first kappa shape index (κ1) is 17.2. The van der Waals surface area contributed by atoms with Crippen LogP contribution in [0, 0.1) is 0 Å². The molecule has 3 rings (SSSR count). The Morgan fingerprint density at radius 3 is 2.40 bits per heavy atom. The number of anilines is 1. The summed E-state index contributed by atoms with van der Waals surface area (Å²) in [6, 6.07) is 12.9. The highest BCUT2D eigenvalue weighted by Gasteiger charge is 2.28. The van der Waals surface area contributed by atoms with E-state index >= 15 is 0 Å². The van der Waals surface area contributed by atoms with E-state index in [4.69, 9.17) is 4.74 Å². The molecule has 0 spiro atoms. The number of carbonyl (C=O) groups is 1. The SMILES string of the molecule is O=C(O)C(CCOc1ccccc1)N1CCN(c2ccncc2)CC1. The van der Waals surface area contributed by atoms with Crippen molar-refractivity contribution >= 4 is 11.7 Å². The lowest BCUT2D eigenvalue weighted by atomic mass is 10.1. The van der Waals surface area contributed by atoms with Crippen LogP contribution in [-0.2, 0) is 4.79 Å². The molecule has 0 amide bonds. The highest BCUT2D eigenvalue weighted by molar-refractivity contribution is 5.73. The zero-order chi connectivity index (χ0) is 17.5. The molecule has 0 aliphatic carbocycles. The highest BCUT2D eigenvalue weighted by Crippen LogP contribution is 2.17. The normalized spacial score (nSPS) is 16.4. The van der Waals surface area contributed by atoms with Gasteiger partial charge in [-0.05, 0) is 24.3 Å². The monoisotopic (exact) mass is 341 g/mol. The first-order valence-corrected chi connectivity index (χ1v) is 8.54. The fourth-order valence-electron chi connectivity index (χ4n) is 3.11. The minimum Gasteiger partial charge on any atom is -0.494 e. The number of aromatic nitrogens is 1. The molecular weight excluding hydrogens is 318 g/mol. The predicted molar refractivity (Wildman–Crippen MR) is 96.0 cm³/mol. The molecule has 1 aliphatic rings. The standard InChI is InChI=1S/C19H23N3O3/c23-19(24)18(8-15-25-17-4-2-1-3-5-17)22-13-11-21(12-14-22)16-6-9-20-10-7-16/h1-7,9-10,18H,8,11-15H2,(H,23,24). The number of carboxylic acids is 1. The van der Waals surface area contributed by atoms with Gasteiger partial charge in [0.2, 0.25) is 0 Å². The van der Waals surface area contributed by atoms with Gasteiger partial charge in [0.05, 0.1) is 6.61 Å². The molecule has 1 aliphatic heterocycles. The predicted octanol–water partition coefficient (Wildman–Crippen LogP) is 2.13. The molecule has 2 heterocycles. The molecule has 6 heteroatoms. The van der Waals surface area contributed by atoms with Crippen molar-refractivity contribution in [2.45, 2.75) is 12.5 Å². The lowest BCUT2D eigenvalue weighted by molar-refractivity contribution is -0.144. The maximum atomic E-state index is 11.7. The van der Waals surface area contributed by atoms with Gasteiger partial charge in [0.15, 0.2) is 0 Å². The molecule has 0 saturated carbocycles. The van der Waals surface area contributed by atoms with Crippen molar-refractivity contribution in [1.29, 1.82) is 0 Å². The Kier molecular flexibility index (Phi) is 5.85. The number of benzene rings is 1. The van der Waals surface area contributed by atoms with Crippen molar-refractivity contribution in [1.82, 2.24) is 9.88 Å². The molecule has 2 aromatic rings. The Morgan fingerprint density at radius 2 is 1.76 bits per heavy atom. The van der Waals surface area contributed by atoms with E-state index in [-0.39, 0.29) is 0 Å². The Morgan fingerprint density at radius 1 is 1.08 bits per heavy atom. The molecule has 1 unspecified atom stereocenters. The Balaban J connectivity index is 1.51. The van der Waals surface area contributed by atoms with Crippen molar-refractivity contribution in [2.24, 2.45) is 0 Å². The van der Waals surface area contributed by atoms with E-state index in [0.717, 1.165) is 37.6 Å². The first-order valence-electron chi connectivity index (χ1n) is 8.54. The number of ether oxygens (including phenoxy) is 1. The average Bonchev–Trinajstić information content (AvgIpc) is 2.67. The van der Waals surface area contributed by atoms with Gasteiger partial charge in [-0.2, -0.15) is 0 Å².